The van der Waals surface area contributed by atoms with Crippen molar-refractivity contribution in [2.45, 2.75) is 39.5 Å². The third-order valence-corrected chi connectivity index (χ3v) is 3.70. The Kier molecular flexibility index (Phi) is 6.49. The van der Waals surface area contributed by atoms with Gasteiger partial charge >= 0.3 is 0 Å². The van der Waals surface area contributed by atoms with E-state index in [-0.39, 0.29) is 11.7 Å². The molecular formula is C15H22ClN3O2. The van der Waals surface area contributed by atoms with Crippen LogP contribution in [0.4, 0.5) is 5.69 Å². The molecule has 0 aliphatic rings. The highest BCUT2D eigenvalue weighted by atomic mass is 35.5. The normalized spacial score (nSPS) is 12.2. The maximum absolute atomic E-state index is 12.7. The minimum atomic E-state index is -0.999. The summed E-state index contributed by atoms with van der Waals surface area (Å²) in [7, 11) is 0. The number of anilines is 1. The van der Waals surface area contributed by atoms with E-state index in [2.05, 4.69) is 10.5 Å². The van der Waals surface area contributed by atoms with Crippen molar-refractivity contribution in [2.75, 3.05) is 5.32 Å². The van der Waals surface area contributed by atoms with E-state index in [0.29, 0.717) is 23.6 Å². The second-order valence-corrected chi connectivity index (χ2v) is 5.47. The number of nitrogens with two attached hydrogens (primary N) is 1. The van der Waals surface area contributed by atoms with Gasteiger partial charge in [-0.15, -0.1) is 0 Å². The maximum atomic E-state index is 12.7. The van der Waals surface area contributed by atoms with E-state index in [0.717, 1.165) is 12.8 Å². The lowest BCUT2D eigenvalue weighted by molar-refractivity contribution is -0.123. The first kappa shape index (κ1) is 17.3. The third-order valence-electron chi connectivity index (χ3n) is 3.47. The molecule has 1 rings (SSSR count). The summed E-state index contributed by atoms with van der Waals surface area (Å²) in [5.41, 5.74) is 5.41. The van der Waals surface area contributed by atoms with Crippen LogP contribution in [0.1, 0.15) is 39.5 Å². The number of halogens is 1. The maximum Gasteiger partial charge on any atom is 0.238 e. The lowest BCUT2D eigenvalue weighted by Crippen LogP contribution is -2.47. The third kappa shape index (κ3) is 4.11. The van der Waals surface area contributed by atoms with Gasteiger partial charge in [0.2, 0.25) is 5.91 Å². The number of carbonyl (C=O) groups excluding carboxylic acids is 1. The first-order valence-electron chi connectivity index (χ1n) is 7.05. The topological polar surface area (TPSA) is 87.7 Å². The lowest BCUT2D eigenvalue weighted by atomic mass is 9.77. The van der Waals surface area contributed by atoms with Crippen molar-refractivity contribution in [2.24, 2.45) is 16.3 Å². The molecule has 116 valence electrons. The summed E-state index contributed by atoms with van der Waals surface area (Å²) in [6, 6.07) is 6.89. The minimum Gasteiger partial charge on any atom is -0.409 e. The molecule has 0 aliphatic heterocycles. The Labute approximate surface area is 130 Å². The summed E-state index contributed by atoms with van der Waals surface area (Å²) in [5.74, 6) is -0.325. The highest BCUT2D eigenvalue weighted by Gasteiger charge is 2.41. The molecule has 5 nitrogen and oxygen atoms in total. The monoisotopic (exact) mass is 311 g/mol. The van der Waals surface area contributed by atoms with Gasteiger partial charge in [0.15, 0.2) is 5.84 Å². The Hall–Kier alpha value is -1.75. The van der Waals surface area contributed by atoms with Crippen LogP contribution < -0.4 is 11.1 Å². The van der Waals surface area contributed by atoms with Gasteiger partial charge in [-0.05, 0) is 31.0 Å². The van der Waals surface area contributed by atoms with Crippen LogP contribution in [0.25, 0.3) is 0 Å². The zero-order chi connectivity index (χ0) is 15.9. The molecular weight excluding hydrogens is 290 g/mol. The summed E-state index contributed by atoms with van der Waals surface area (Å²) >= 11 is 5.91. The molecule has 1 amide bonds. The van der Waals surface area contributed by atoms with E-state index in [4.69, 9.17) is 22.5 Å². The Balaban J connectivity index is 3.09. The number of hydrogen-bond acceptors (Lipinski definition) is 3. The number of benzene rings is 1. The molecule has 0 saturated carbocycles. The number of oxime groups is 1. The predicted octanol–water partition coefficient (Wildman–Crippen LogP) is 3.61. The molecule has 0 bridgehead atoms. The Morgan fingerprint density at radius 3 is 2.48 bits per heavy atom. The van der Waals surface area contributed by atoms with Gasteiger partial charge in [-0.2, -0.15) is 0 Å². The number of nitrogens with one attached hydrogen (secondary N) is 1. The van der Waals surface area contributed by atoms with Gasteiger partial charge in [-0.3, -0.25) is 4.79 Å². The average Bonchev–Trinajstić information content (AvgIpc) is 2.46. The van der Waals surface area contributed by atoms with Crippen molar-refractivity contribution < 1.29 is 10.0 Å². The van der Waals surface area contributed by atoms with Gasteiger partial charge in [-0.25, -0.2) is 0 Å². The van der Waals surface area contributed by atoms with Crippen molar-refractivity contribution in [3.63, 3.8) is 0 Å². The standard InChI is InChI=1S/C15H22ClN3O2/c1-3-8-15(9-4-2,13(17)19-21)14(20)18-12-7-5-6-11(16)10-12/h5-7,10,21H,3-4,8-9H2,1-2H3,(H2,17,19)(H,18,20). The van der Waals surface area contributed by atoms with Crippen molar-refractivity contribution in [3.05, 3.63) is 29.3 Å². The van der Waals surface area contributed by atoms with Gasteiger partial charge in [0, 0.05) is 10.7 Å². The summed E-state index contributed by atoms with van der Waals surface area (Å²) < 4.78 is 0. The highest BCUT2D eigenvalue weighted by Crippen LogP contribution is 2.32. The van der Waals surface area contributed by atoms with E-state index < -0.39 is 5.41 Å². The number of nitrogens with zero attached hydrogens (tertiary/aromatic N) is 1. The average molecular weight is 312 g/mol. The second kappa shape index (κ2) is 7.88. The molecule has 0 unspecified atom stereocenters. The van der Waals surface area contributed by atoms with E-state index in [9.17, 15) is 4.79 Å². The molecule has 1 aromatic carbocycles. The molecule has 1 aromatic rings. The van der Waals surface area contributed by atoms with Crippen LogP contribution in [-0.2, 0) is 4.79 Å². The van der Waals surface area contributed by atoms with E-state index in [1.54, 1.807) is 24.3 Å². The van der Waals surface area contributed by atoms with Crippen LogP contribution in [0.3, 0.4) is 0 Å². The first-order valence-corrected chi connectivity index (χ1v) is 7.43. The summed E-state index contributed by atoms with van der Waals surface area (Å²) in [5, 5.41) is 15.5. The van der Waals surface area contributed by atoms with Crippen molar-refractivity contribution in [1.82, 2.24) is 0 Å². The predicted molar refractivity (Wildman–Crippen MR) is 85.7 cm³/mol. The number of rotatable bonds is 7. The number of amides is 1. The molecule has 0 heterocycles. The highest BCUT2D eigenvalue weighted by molar-refractivity contribution is 6.31. The molecule has 0 saturated heterocycles. The van der Waals surface area contributed by atoms with Crippen molar-refractivity contribution >= 4 is 29.0 Å². The van der Waals surface area contributed by atoms with E-state index in [1.807, 2.05) is 13.8 Å². The summed E-state index contributed by atoms with van der Waals surface area (Å²) in [4.78, 5) is 12.7. The fraction of sp³-hybridized carbons (Fsp3) is 0.467. The molecule has 0 atom stereocenters. The molecule has 21 heavy (non-hydrogen) atoms. The molecule has 6 heteroatoms. The Bertz CT molecular complexity index is 511. The fourth-order valence-corrected chi connectivity index (χ4v) is 2.68. The van der Waals surface area contributed by atoms with Gasteiger partial charge in [0.1, 0.15) is 5.41 Å². The zero-order valence-corrected chi connectivity index (χ0v) is 13.2. The summed E-state index contributed by atoms with van der Waals surface area (Å²) in [6.45, 7) is 3.92. The van der Waals surface area contributed by atoms with Gasteiger partial charge in [0.25, 0.3) is 0 Å². The largest absolute Gasteiger partial charge is 0.409 e. The van der Waals surface area contributed by atoms with Crippen LogP contribution in [-0.4, -0.2) is 17.0 Å². The van der Waals surface area contributed by atoms with Crippen LogP contribution in [0.15, 0.2) is 29.4 Å². The molecule has 0 radical (unpaired) electrons. The van der Waals surface area contributed by atoms with E-state index >= 15 is 0 Å². The lowest BCUT2D eigenvalue weighted by Gasteiger charge is -2.30. The van der Waals surface area contributed by atoms with Gasteiger partial charge in [0.05, 0.1) is 0 Å². The van der Waals surface area contributed by atoms with Crippen LogP contribution >= 0.6 is 11.6 Å². The smallest absolute Gasteiger partial charge is 0.238 e. The minimum absolute atomic E-state index is 0.0503. The molecule has 0 fully saturated rings. The number of amidine groups is 1. The number of hydrogen-bond donors (Lipinski definition) is 3. The molecule has 0 aliphatic carbocycles. The fourth-order valence-electron chi connectivity index (χ4n) is 2.49. The SMILES string of the molecule is CCCC(CCC)(C(=O)Nc1cccc(Cl)c1)C(N)=NO. The van der Waals surface area contributed by atoms with E-state index in [1.165, 1.54) is 0 Å². The number of carbonyl (C=O) groups is 1. The Morgan fingerprint density at radius 2 is 2.00 bits per heavy atom. The van der Waals surface area contributed by atoms with Crippen LogP contribution in [0.2, 0.25) is 5.02 Å². The molecule has 4 N–H and O–H groups in total. The zero-order valence-electron chi connectivity index (χ0n) is 12.4. The van der Waals surface area contributed by atoms with Crippen LogP contribution in [0.5, 0.6) is 0 Å². The molecule has 0 aromatic heterocycles. The second-order valence-electron chi connectivity index (χ2n) is 5.03. The first-order chi connectivity index (χ1) is 10.00. The molecule has 0 spiro atoms. The van der Waals surface area contributed by atoms with Crippen molar-refractivity contribution in [3.8, 4) is 0 Å². The van der Waals surface area contributed by atoms with Gasteiger partial charge < -0.3 is 16.3 Å². The summed E-state index contributed by atoms with van der Waals surface area (Å²) in [6.07, 6.45) is 2.53. The Morgan fingerprint density at radius 1 is 1.38 bits per heavy atom. The van der Waals surface area contributed by atoms with Crippen molar-refractivity contribution in [1.29, 1.82) is 0 Å². The quantitative estimate of drug-likeness (QED) is 0.311. The van der Waals surface area contributed by atoms with Gasteiger partial charge in [-0.1, -0.05) is 49.5 Å². The van der Waals surface area contributed by atoms with Crippen LogP contribution in [0, 0.1) is 5.41 Å².